The Hall–Kier alpha value is -2.51. The Morgan fingerprint density at radius 1 is 1.12 bits per heavy atom. The highest BCUT2D eigenvalue weighted by molar-refractivity contribution is 5.90. The van der Waals surface area contributed by atoms with Gasteiger partial charge >= 0.3 is 0 Å². The number of hydrogen-bond donors (Lipinski definition) is 1. The minimum Gasteiger partial charge on any atom is -0.354 e. The number of carbonyl (C=O) groups excluding carboxylic acids is 1. The Morgan fingerprint density at radius 2 is 1.84 bits per heavy atom. The fraction of sp³-hybridized carbons (Fsp3) is 0.588. The van der Waals surface area contributed by atoms with Gasteiger partial charge in [-0.3, -0.25) is 9.89 Å². The molecule has 8 nitrogen and oxygen atoms in total. The molecular weight excluding hydrogens is 318 g/mol. The molecule has 2 aromatic heterocycles. The molecule has 1 amide bonds. The maximum absolute atomic E-state index is 12.4. The predicted molar refractivity (Wildman–Crippen MR) is 92.2 cm³/mol. The second kappa shape index (κ2) is 5.79. The first-order valence-electron chi connectivity index (χ1n) is 8.65. The molecule has 2 aromatic rings. The maximum atomic E-state index is 12.4. The van der Waals surface area contributed by atoms with Crippen molar-refractivity contribution in [1.29, 1.82) is 0 Å². The van der Waals surface area contributed by atoms with E-state index in [0.29, 0.717) is 17.7 Å². The number of fused-ring (bicyclic) bond motifs is 1. The van der Waals surface area contributed by atoms with Gasteiger partial charge in [0.05, 0.1) is 5.69 Å². The number of nitrogens with zero attached hydrogens (tertiary/aromatic N) is 6. The Balaban J connectivity index is 1.40. The van der Waals surface area contributed by atoms with Crippen molar-refractivity contribution in [3.05, 3.63) is 30.0 Å². The van der Waals surface area contributed by atoms with Gasteiger partial charge in [-0.2, -0.15) is 10.2 Å². The van der Waals surface area contributed by atoms with E-state index in [1.54, 1.807) is 0 Å². The Kier molecular flexibility index (Phi) is 3.70. The second-order valence-corrected chi connectivity index (χ2v) is 8.00. The largest absolute Gasteiger partial charge is 0.354 e. The summed E-state index contributed by atoms with van der Waals surface area (Å²) in [5.74, 6) is 2.12. The smallest absolute Gasteiger partial charge is 0.291 e. The van der Waals surface area contributed by atoms with Gasteiger partial charge in [-0.1, -0.05) is 20.8 Å². The zero-order valence-electron chi connectivity index (χ0n) is 14.8. The summed E-state index contributed by atoms with van der Waals surface area (Å²) in [6, 6.07) is 4.13. The van der Waals surface area contributed by atoms with Gasteiger partial charge in [0.15, 0.2) is 5.82 Å². The van der Waals surface area contributed by atoms with Gasteiger partial charge in [0.25, 0.3) is 5.91 Å². The molecule has 2 fully saturated rings. The van der Waals surface area contributed by atoms with Crippen LogP contribution in [0, 0.1) is 11.8 Å². The van der Waals surface area contributed by atoms with Crippen molar-refractivity contribution in [1.82, 2.24) is 30.3 Å². The van der Waals surface area contributed by atoms with E-state index in [0.717, 1.165) is 37.7 Å². The lowest BCUT2D eigenvalue weighted by Crippen LogP contribution is -2.34. The molecule has 2 saturated heterocycles. The van der Waals surface area contributed by atoms with Crippen LogP contribution >= 0.6 is 0 Å². The Bertz CT molecular complexity index is 736. The van der Waals surface area contributed by atoms with Crippen molar-refractivity contribution >= 4 is 11.7 Å². The van der Waals surface area contributed by atoms with Crippen molar-refractivity contribution in [3.63, 3.8) is 0 Å². The summed E-state index contributed by atoms with van der Waals surface area (Å²) in [5, 5.41) is 15.2. The van der Waals surface area contributed by atoms with E-state index >= 15 is 0 Å². The molecule has 0 spiro atoms. The number of rotatable bonds is 2. The van der Waals surface area contributed by atoms with E-state index in [9.17, 15) is 4.79 Å². The number of H-pyrrole nitrogens is 1. The number of carbonyl (C=O) groups is 1. The van der Waals surface area contributed by atoms with Gasteiger partial charge in [0, 0.05) is 43.4 Å². The van der Waals surface area contributed by atoms with E-state index < -0.39 is 0 Å². The molecule has 0 saturated carbocycles. The third-order valence-corrected chi connectivity index (χ3v) is 5.13. The Morgan fingerprint density at radius 3 is 2.36 bits per heavy atom. The number of nitrogens with one attached hydrogen (secondary N) is 1. The van der Waals surface area contributed by atoms with Gasteiger partial charge in [-0.25, -0.2) is 4.98 Å². The van der Waals surface area contributed by atoms with E-state index in [-0.39, 0.29) is 11.3 Å². The lowest BCUT2D eigenvalue weighted by atomic mass is 9.92. The number of likely N-dealkylation sites (tertiary alicyclic amines) is 1. The fourth-order valence-electron chi connectivity index (χ4n) is 3.70. The predicted octanol–water partition coefficient (Wildman–Crippen LogP) is 1.10. The molecular formula is C17H23N7O. The molecule has 132 valence electrons. The maximum Gasteiger partial charge on any atom is 0.291 e. The van der Waals surface area contributed by atoms with Gasteiger partial charge in [-0.05, 0) is 12.1 Å². The first-order chi connectivity index (χ1) is 11.9. The molecule has 4 heterocycles. The van der Waals surface area contributed by atoms with Crippen molar-refractivity contribution in [2.45, 2.75) is 26.2 Å². The van der Waals surface area contributed by atoms with Gasteiger partial charge in [0.2, 0.25) is 5.82 Å². The number of anilines is 1. The molecule has 0 aromatic carbocycles. The van der Waals surface area contributed by atoms with Crippen LogP contribution in [0.4, 0.5) is 5.82 Å². The minimum atomic E-state index is -0.0622. The molecule has 8 heteroatoms. The van der Waals surface area contributed by atoms with E-state index in [1.165, 1.54) is 6.33 Å². The molecule has 0 aliphatic carbocycles. The standard InChI is InChI=1S/C17H23N7O/c1-17(2,3)13-4-5-14(21-20-13)23-6-11-8-24(9-12(11)7-23)16(25)15-18-10-19-22-15/h4-5,10-12H,6-9H2,1-3H3,(H,18,19,22). The highest BCUT2D eigenvalue weighted by Gasteiger charge is 2.42. The molecule has 2 aliphatic rings. The Labute approximate surface area is 146 Å². The molecule has 0 radical (unpaired) electrons. The summed E-state index contributed by atoms with van der Waals surface area (Å²) < 4.78 is 0. The fourth-order valence-corrected chi connectivity index (χ4v) is 3.70. The number of hydrogen-bond acceptors (Lipinski definition) is 6. The van der Waals surface area contributed by atoms with Crippen LogP contribution in [0.5, 0.6) is 0 Å². The van der Waals surface area contributed by atoms with Crippen molar-refractivity contribution < 1.29 is 4.79 Å². The van der Waals surface area contributed by atoms with Crippen molar-refractivity contribution in [2.75, 3.05) is 31.1 Å². The zero-order chi connectivity index (χ0) is 17.6. The summed E-state index contributed by atoms with van der Waals surface area (Å²) in [5.41, 5.74) is 1.01. The molecule has 25 heavy (non-hydrogen) atoms. The van der Waals surface area contributed by atoms with Crippen LogP contribution < -0.4 is 4.90 Å². The molecule has 2 unspecified atom stereocenters. The van der Waals surface area contributed by atoms with Crippen molar-refractivity contribution in [2.24, 2.45) is 11.8 Å². The number of aromatic nitrogens is 5. The van der Waals surface area contributed by atoms with E-state index in [4.69, 9.17) is 0 Å². The second-order valence-electron chi connectivity index (χ2n) is 8.00. The molecule has 0 bridgehead atoms. The van der Waals surface area contributed by atoms with Crippen LogP contribution in [0.25, 0.3) is 0 Å². The highest BCUT2D eigenvalue weighted by Crippen LogP contribution is 2.33. The van der Waals surface area contributed by atoms with E-state index in [1.807, 2.05) is 4.90 Å². The number of aromatic amines is 1. The van der Waals surface area contributed by atoms with E-state index in [2.05, 4.69) is 63.2 Å². The lowest BCUT2D eigenvalue weighted by molar-refractivity contribution is 0.0771. The van der Waals surface area contributed by atoms with Crippen LogP contribution in [0.3, 0.4) is 0 Å². The summed E-state index contributed by atoms with van der Waals surface area (Å²) in [6.07, 6.45) is 1.37. The minimum absolute atomic E-state index is 0.00855. The first-order valence-corrected chi connectivity index (χ1v) is 8.65. The summed E-state index contributed by atoms with van der Waals surface area (Å²) in [6.45, 7) is 9.75. The molecule has 1 N–H and O–H groups in total. The number of amides is 1. The van der Waals surface area contributed by atoms with Crippen LogP contribution in [-0.4, -0.2) is 62.4 Å². The average Bonchev–Trinajstić information content (AvgIpc) is 3.29. The quantitative estimate of drug-likeness (QED) is 0.880. The molecule has 2 aliphatic heterocycles. The van der Waals surface area contributed by atoms with Gasteiger partial charge < -0.3 is 9.80 Å². The van der Waals surface area contributed by atoms with Crippen LogP contribution in [0.2, 0.25) is 0 Å². The summed E-state index contributed by atoms with van der Waals surface area (Å²) >= 11 is 0. The summed E-state index contributed by atoms with van der Waals surface area (Å²) in [7, 11) is 0. The molecule has 2 atom stereocenters. The van der Waals surface area contributed by atoms with Crippen LogP contribution in [-0.2, 0) is 5.41 Å². The SMILES string of the molecule is CC(C)(C)c1ccc(N2CC3CN(C(=O)c4ncn[nH]4)CC3C2)nn1. The van der Waals surface area contributed by atoms with Gasteiger partial charge in [-0.15, -0.1) is 5.10 Å². The lowest BCUT2D eigenvalue weighted by Gasteiger charge is -2.22. The van der Waals surface area contributed by atoms with Crippen LogP contribution in [0.1, 0.15) is 37.1 Å². The van der Waals surface area contributed by atoms with Crippen LogP contribution in [0.15, 0.2) is 18.5 Å². The van der Waals surface area contributed by atoms with Crippen molar-refractivity contribution in [3.8, 4) is 0 Å². The normalized spacial score (nSPS) is 23.2. The average molecular weight is 341 g/mol. The third kappa shape index (κ3) is 2.96. The third-order valence-electron chi connectivity index (χ3n) is 5.13. The zero-order valence-corrected chi connectivity index (χ0v) is 14.8. The summed E-state index contributed by atoms with van der Waals surface area (Å²) in [4.78, 5) is 20.5. The highest BCUT2D eigenvalue weighted by atomic mass is 16.2. The topological polar surface area (TPSA) is 90.9 Å². The molecule has 4 rings (SSSR count). The first kappa shape index (κ1) is 16.0. The monoisotopic (exact) mass is 341 g/mol. The van der Waals surface area contributed by atoms with Gasteiger partial charge in [0.1, 0.15) is 6.33 Å².